The lowest BCUT2D eigenvalue weighted by Gasteiger charge is -2.08. The zero-order valence-electron chi connectivity index (χ0n) is 9.55. The molecule has 0 unspecified atom stereocenters. The molecule has 3 N–H and O–H groups in total. The molecule has 17 heavy (non-hydrogen) atoms. The minimum atomic E-state index is -4.33. The van der Waals surface area contributed by atoms with Gasteiger partial charge in [0.2, 0.25) is 0 Å². The van der Waals surface area contributed by atoms with Gasteiger partial charge in [-0.15, -0.1) is 0 Å². The van der Waals surface area contributed by atoms with Gasteiger partial charge in [-0.05, 0) is 26.0 Å². The van der Waals surface area contributed by atoms with Crippen molar-refractivity contribution in [2.75, 3.05) is 0 Å². The van der Waals surface area contributed by atoms with Crippen molar-refractivity contribution in [2.45, 2.75) is 26.1 Å². The number of hydrazone groups is 1. The van der Waals surface area contributed by atoms with Gasteiger partial charge in [0.15, 0.2) is 5.84 Å². The van der Waals surface area contributed by atoms with Gasteiger partial charge >= 0.3 is 6.18 Å². The molecular weight excluding hydrogens is 231 g/mol. The second-order valence-electron chi connectivity index (χ2n) is 3.86. The van der Waals surface area contributed by atoms with Gasteiger partial charge in [0, 0.05) is 11.6 Å². The number of nitrogens with two attached hydrogens (primary N) is 1. The van der Waals surface area contributed by atoms with E-state index in [4.69, 9.17) is 5.73 Å². The fourth-order valence-corrected chi connectivity index (χ4v) is 1.09. The standard InChI is InChI=1S/C11H14F3N3/c1-7(2)16-17-10(15)8-3-5-9(6-4-8)11(12,13)14/h3-7,16H,1-2H3,(H2,15,17). The van der Waals surface area contributed by atoms with Crippen molar-refractivity contribution in [3.63, 3.8) is 0 Å². The molecule has 0 radical (unpaired) electrons. The quantitative estimate of drug-likeness (QED) is 0.488. The maximum absolute atomic E-state index is 12.3. The van der Waals surface area contributed by atoms with Crippen LogP contribution >= 0.6 is 0 Å². The molecule has 1 aromatic rings. The normalized spacial score (nSPS) is 12.9. The summed E-state index contributed by atoms with van der Waals surface area (Å²) >= 11 is 0. The minimum Gasteiger partial charge on any atom is -0.382 e. The number of hydrogen-bond acceptors (Lipinski definition) is 2. The largest absolute Gasteiger partial charge is 0.416 e. The molecule has 0 amide bonds. The highest BCUT2D eigenvalue weighted by Crippen LogP contribution is 2.28. The summed E-state index contributed by atoms with van der Waals surface area (Å²) in [4.78, 5) is 0. The van der Waals surface area contributed by atoms with Crippen LogP contribution in [0.4, 0.5) is 13.2 Å². The van der Waals surface area contributed by atoms with Crippen molar-refractivity contribution in [2.24, 2.45) is 10.8 Å². The summed E-state index contributed by atoms with van der Waals surface area (Å²) in [6, 6.07) is 4.66. The monoisotopic (exact) mass is 245 g/mol. The summed E-state index contributed by atoms with van der Waals surface area (Å²) < 4.78 is 36.9. The highest BCUT2D eigenvalue weighted by molar-refractivity contribution is 5.97. The Balaban J connectivity index is 2.84. The van der Waals surface area contributed by atoms with Gasteiger partial charge in [0.25, 0.3) is 0 Å². The lowest BCUT2D eigenvalue weighted by atomic mass is 10.1. The molecular formula is C11H14F3N3. The fraction of sp³-hybridized carbons (Fsp3) is 0.364. The molecule has 0 atom stereocenters. The van der Waals surface area contributed by atoms with Crippen LogP contribution in [0.25, 0.3) is 0 Å². The number of halogens is 3. The van der Waals surface area contributed by atoms with Crippen molar-refractivity contribution in [3.8, 4) is 0 Å². The Labute approximate surface area is 97.5 Å². The molecule has 0 saturated heterocycles. The third-order valence-corrected chi connectivity index (χ3v) is 1.95. The molecule has 0 saturated carbocycles. The van der Waals surface area contributed by atoms with Gasteiger partial charge in [-0.25, -0.2) is 0 Å². The molecule has 3 nitrogen and oxygen atoms in total. The molecule has 6 heteroatoms. The van der Waals surface area contributed by atoms with E-state index >= 15 is 0 Å². The van der Waals surface area contributed by atoms with E-state index in [0.29, 0.717) is 5.56 Å². The number of benzene rings is 1. The number of amidine groups is 1. The summed E-state index contributed by atoms with van der Waals surface area (Å²) in [5, 5.41) is 3.85. The summed E-state index contributed by atoms with van der Waals surface area (Å²) in [6.45, 7) is 3.76. The van der Waals surface area contributed by atoms with Crippen molar-refractivity contribution < 1.29 is 13.2 Å². The Hall–Kier alpha value is -1.72. The van der Waals surface area contributed by atoms with Crippen molar-refractivity contribution in [3.05, 3.63) is 35.4 Å². The summed E-state index contributed by atoms with van der Waals surface area (Å²) in [7, 11) is 0. The second kappa shape index (κ2) is 5.07. The number of rotatable bonds is 3. The Morgan fingerprint density at radius 3 is 2.18 bits per heavy atom. The summed E-state index contributed by atoms with van der Waals surface area (Å²) in [5.41, 5.74) is 8.09. The predicted molar refractivity (Wildman–Crippen MR) is 60.4 cm³/mol. The van der Waals surface area contributed by atoms with Crippen LogP contribution in [0.1, 0.15) is 25.0 Å². The first-order valence-corrected chi connectivity index (χ1v) is 5.07. The molecule has 1 aromatic carbocycles. The minimum absolute atomic E-state index is 0.114. The number of hydrogen-bond donors (Lipinski definition) is 2. The van der Waals surface area contributed by atoms with Gasteiger partial charge in [0.05, 0.1) is 5.56 Å². The third-order valence-electron chi connectivity index (χ3n) is 1.95. The zero-order chi connectivity index (χ0) is 13.1. The molecule has 0 heterocycles. The first kappa shape index (κ1) is 13.3. The van der Waals surface area contributed by atoms with E-state index in [2.05, 4.69) is 10.5 Å². The predicted octanol–water partition coefficient (Wildman–Crippen LogP) is 2.32. The van der Waals surface area contributed by atoms with E-state index in [9.17, 15) is 13.2 Å². The first-order chi connectivity index (χ1) is 7.80. The Morgan fingerprint density at radius 1 is 1.24 bits per heavy atom. The molecule has 94 valence electrons. The van der Waals surface area contributed by atoms with E-state index < -0.39 is 11.7 Å². The van der Waals surface area contributed by atoms with Gasteiger partial charge in [0.1, 0.15) is 0 Å². The SMILES string of the molecule is CC(C)N/N=C(\N)c1ccc(C(F)(F)F)cc1. The molecule has 1 rings (SSSR count). The average Bonchev–Trinajstić information content (AvgIpc) is 2.25. The van der Waals surface area contributed by atoms with Gasteiger partial charge in [-0.3, -0.25) is 0 Å². The number of nitrogens with one attached hydrogen (secondary N) is 1. The molecule has 0 aliphatic heterocycles. The fourth-order valence-electron chi connectivity index (χ4n) is 1.09. The molecule has 0 aromatic heterocycles. The van der Waals surface area contributed by atoms with Crippen LogP contribution in [-0.4, -0.2) is 11.9 Å². The van der Waals surface area contributed by atoms with E-state index in [1.54, 1.807) is 0 Å². The van der Waals surface area contributed by atoms with Gasteiger partial charge in [-0.2, -0.15) is 18.3 Å². The lowest BCUT2D eigenvalue weighted by Crippen LogP contribution is -2.23. The number of alkyl halides is 3. The summed E-state index contributed by atoms with van der Waals surface area (Å²) in [6.07, 6.45) is -4.33. The molecule has 0 aliphatic carbocycles. The van der Waals surface area contributed by atoms with Gasteiger partial charge < -0.3 is 11.2 Å². The topological polar surface area (TPSA) is 50.4 Å². The molecule has 0 aliphatic rings. The van der Waals surface area contributed by atoms with E-state index in [1.165, 1.54) is 12.1 Å². The van der Waals surface area contributed by atoms with Crippen LogP contribution in [0.15, 0.2) is 29.4 Å². The van der Waals surface area contributed by atoms with Crippen molar-refractivity contribution in [1.29, 1.82) is 0 Å². The maximum atomic E-state index is 12.3. The molecule has 0 bridgehead atoms. The van der Waals surface area contributed by atoms with E-state index in [0.717, 1.165) is 12.1 Å². The second-order valence-corrected chi connectivity index (χ2v) is 3.86. The van der Waals surface area contributed by atoms with Crippen LogP contribution in [0.5, 0.6) is 0 Å². The van der Waals surface area contributed by atoms with Gasteiger partial charge in [-0.1, -0.05) is 12.1 Å². The van der Waals surface area contributed by atoms with Crippen LogP contribution < -0.4 is 11.2 Å². The highest BCUT2D eigenvalue weighted by Gasteiger charge is 2.29. The smallest absolute Gasteiger partial charge is 0.382 e. The Bertz CT molecular complexity index is 393. The van der Waals surface area contributed by atoms with Crippen molar-refractivity contribution in [1.82, 2.24) is 5.43 Å². The van der Waals surface area contributed by atoms with Crippen LogP contribution in [0.3, 0.4) is 0 Å². The Morgan fingerprint density at radius 2 is 1.76 bits per heavy atom. The average molecular weight is 245 g/mol. The van der Waals surface area contributed by atoms with Crippen LogP contribution in [-0.2, 0) is 6.18 Å². The lowest BCUT2D eigenvalue weighted by molar-refractivity contribution is -0.137. The third kappa shape index (κ3) is 3.97. The molecule has 0 fully saturated rings. The van der Waals surface area contributed by atoms with Crippen molar-refractivity contribution >= 4 is 5.84 Å². The zero-order valence-corrected chi connectivity index (χ0v) is 9.55. The van der Waals surface area contributed by atoms with Crippen LogP contribution in [0.2, 0.25) is 0 Å². The van der Waals surface area contributed by atoms with E-state index in [1.807, 2.05) is 13.8 Å². The molecule has 0 spiro atoms. The maximum Gasteiger partial charge on any atom is 0.416 e. The number of nitrogens with zero attached hydrogens (tertiary/aromatic N) is 1. The highest BCUT2D eigenvalue weighted by atomic mass is 19.4. The first-order valence-electron chi connectivity index (χ1n) is 5.07. The summed E-state index contributed by atoms with van der Waals surface area (Å²) in [5.74, 6) is 0.160. The Kier molecular flexibility index (Phi) is 3.98. The van der Waals surface area contributed by atoms with E-state index in [-0.39, 0.29) is 11.9 Å². The van der Waals surface area contributed by atoms with Crippen LogP contribution in [0, 0.1) is 0 Å².